The van der Waals surface area contributed by atoms with Crippen molar-refractivity contribution < 1.29 is 4.74 Å². The number of nitrogens with zero attached hydrogens (tertiary/aromatic N) is 1. The van der Waals surface area contributed by atoms with Crippen LogP contribution in [0.2, 0.25) is 0 Å². The summed E-state index contributed by atoms with van der Waals surface area (Å²) in [6, 6.07) is 8.59. The molecule has 0 spiro atoms. The van der Waals surface area contributed by atoms with Gasteiger partial charge in [0, 0.05) is 47.8 Å². The molecule has 0 aliphatic carbocycles. The van der Waals surface area contributed by atoms with Gasteiger partial charge in [-0.15, -0.1) is 0 Å². The van der Waals surface area contributed by atoms with Crippen molar-refractivity contribution in [2.75, 3.05) is 19.7 Å². The Bertz CT molecular complexity index is 546. The minimum absolute atomic E-state index is 0.428. The van der Waals surface area contributed by atoms with Gasteiger partial charge in [-0.2, -0.15) is 0 Å². The van der Waals surface area contributed by atoms with Crippen LogP contribution >= 0.6 is 15.9 Å². The molecule has 2 aromatic rings. The minimum Gasteiger partial charge on any atom is -0.377 e. The number of benzene rings is 1. The van der Waals surface area contributed by atoms with E-state index in [1.165, 1.54) is 23.7 Å². The molecule has 1 aromatic heterocycles. The van der Waals surface area contributed by atoms with Crippen LogP contribution in [0, 0.1) is 0 Å². The summed E-state index contributed by atoms with van der Waals surface area (Å²) < 4.78 is 9.03. The van der Waals surface area contributed by atoms with E-state index in [0.717, 1.165) is 30.7 Å². The maximum absolute atomic E-state index is 5.60. The molecule has 1 aromatic carbocycles. The van der Waals surface area contributed by atoms with Crippen molar-refractivity contribution in [3.05, 3.63) is 34.9 Å². The van der Waals surface area contributed by atoms with Crippen LogP contribution in [-0.2, 0) is 11.3 Å². The quantitative estimate of drug-likeness (QED) is 0.856. The van der Waals surface area contributed by atoms with Crippen LogP contribution in [0.25, 0.3) is 10.9 Å². The van der Waals surface area contributed by atoms with Gasteiger partial charge >= 0.3 is 0 Å². The Hall–Kier alpha value is -0.840. The van der Waals surface area contributed by atoms with E-state index in [9.17, 15) is 0 Å². The largest absolute Gasteiger partial charge is 0.377 e. The van der Waals surface area contributed by atoms with Gasteiger partial charge in [0.05, 0.1) is 6.10 Å². The first-order valence-corrected chi connectivity index (χ1v) is 7.69. The predicted molar refractivity (Wildman–Crippen MR) is 81.5 cm³/mol. The number of nitrogens with one attached hydrogen (secondary N) is 1. The first-order valence-electron chi connectivity index (χ1n) is 6.90. The SMILES string of the molecule is Brc1ccc2c(ccn2CCNCC2CCCO2)c1. The lowest BCUT2D eigenvalue weighted by atomic mass is 10.2. The van der Waals surface area contributed by atoms with Crippen LogP contribution in [-0.4, -0.2) is 30.4 Å². The van der Waals surface area contributed by atoms with E-state index in [1.54, 1.807) is 0 Å². The van der Waals surface area contributed by atoms with Gasteiger partial charge in [0.2, 0.25) is 0 Å². The van der Waals surface area contributed by atoms with Gasteiger partial charge in [-0.25, -0.2) is 0 Å². The number of aromatic nitrogens is 1. The summed E-state index contributed by atoms with van der Waals surface area (Å²) >= 11 is 3.51. The van der Waals surface area contributed by atoms with Gasteiger partial charge in [-0.1, -0.05) is 15.9 Å². The fourth-order valence-electron chi connectivity index (χ4n) is 2.63. The second kappa shape index (κ2) is 6.07. The topological polar surface area (TPSA) is 26.2 Å². The van der Waals surface area contributed by atoms with Gasteiger partial charge in [0.1, 0.15) is 0 Å². The van der Waals surface area contributed by atoms with Gasteiger partial charge < -0.3 is 14.6 Å². The number of rotatable bonds is 5. The van der Waals surface area contributed by atoms with Crippen LogP contribution in [0.4, 0.5) is 0 Å². The van der Waals surface area contributed by atoms with Crippen molar-refractivity contribution in [2.45, 2.75) is 25.5 Å². The summed E-state index contributed by atoms with van der Waals surface area (Å²) in [6.45, 7) is 3.89. The third-order valence-corrected chi connectivity index (χ3v) is 4.15. The standard InChI is InChI=1S/C15H19BrN2O/c16-13-3-4-15-12(10-13)5-7-18(15)8-6-17-11-14-2-1-9-19-14/h3-5,7,10,14,17H,1-2,6,8-9,11H2. The lowest BCUT2D eigenvalue weighted by molar-refractivity contribution is 0.110. The zero-order chi connectivity index (χ0) is 13.1. The van der Waals surface area contributed by atoms with E-state index in [4.69, 9.17) is 4.74 Å². The number of fused-ring (bicyclic) bond motifs is 1. The Morgan fingerprint density at radius 3 is 3.16 bits per heavy atom. The Kier molecular flexibility index (Phi) is 4.21. The Balaban J connectivity index is 1.53. The molecule has 3 rings (SSSR count). The van der Waals surface area contributed by atoms with Crippen LogP contribution in [0.1, 0.15) is 12.8 Å². The molecule has 102 valence electrons. The van der Waals surface area contributed by atoms with E-state index >= 15 is 0 Å². The van der Waals surface area contributed by atoms with Crippen molar-refractivity contribution in [1.82, 2.24) is 9.88 Å². The highest BCUT2D eigenvalue weighted by molar-refractivity contribution is 9.10. The summed E-state index contributed by atoms with van der Waals surface area (Å²) in [7, 11) is 0. The fourth-order valence-corrected chi connectivity index (χ4v) is 3.01. The molecule has 0 saturated carbocycles. The van der Waals surface area contributed by atoms with Crippen molar-refractivity contribution in [3.63, 3.8) is 0 Å². The van der Waals surface area contributed by atoms with Crippen molar-refractivity contribution in [2.24, 2.45) is 0 Å². The smallest absolute Gasteiger partial charge is 0.0700 e. The summed E-state index contributed by atoms with van der Waals surface area (Å²) in [5, 5.41) is 4.77. The maximum Gasteiger partial charge on any atom is 0.0700 e. The van der Waals surface area contributed by atoms with Crippen molar-refractivity contribution >= 4 is 26.8 Å². The summed E-state index contributed by atoms with van der Waals surface area (Å²) in [4.78, 5) is 0. The normalized spacial score (nSPS) is 19.3. The zero-order valence-corrected chi connectivity index (χ0v) is 12.5. The van der Waals surface area contributed by atoms with Gasteiger partial charge in [-0.3, -0.25) is 0 Å². The fraction of sp³-hybridized carbons (Fsp3) is 0.467. The van der Waals surface area contributed by atoms with E-state index in [2.05, 4.69) is 56.3 Å². The highest BCUT2D eigenvalue weighted by atomic mass is 79.9. The average Bonchev–Trinajstić information content (AvgIpc) is 3.03. The highest BCUT2D eigenvalue weighted by Crippen LogP contribution is 2.20. The van der Waals surface area contributed by atoms with Crippen molar-refractivity contribution in [1.29, 1.82) is 0 Å². The number of ether oxygens (including phenoxy) is 1. The maximum atomic E-state index is 5.60. The van der Waals surface area contributed by atoms with E-state index < -0.39 is 0 Å². The van der Waals surface area contributed by atoms with Gasteiger partial charge in [0.15, 0.2) is 0 Å². The lowest BCUT2D eigenvalue weighted by Crippen LogP contribution is -2.28. The molecule has 1 saturated heterocycles. The Morgan fingerprint density at radius 1 is 1.37 bits per heavy atom. The molecular formula is C15H19BrN2O. The second-order valence-corrected chi connectivity index (χ2v) is 5.97. The molecule has 0 amide bonds. The first kappa shape index (κ1) is 13.2. The molecule has 19 heavy (non-hydrogen) atoms. The highest BCUT2D eigenvalue weighted by Gasteiger charge is 2.14. The minimum atomic E-state index is 0.428. The van der Waals surface area contributed by atoms with Gasteiger partial charge in [-0.05, 0) is 37.1 Å². The van der Waals surface area contributed by atoms with Crippen LogP contribution in [0.3, 0.4) is 0 Å². The Labute approximate surface area is 122 Å². The summed E-state index contributed by atoms with van der Waals surface area (Å²) in [6.07, 6.45) is 5.00. The molecule has 0 radical (unpaired) electrons. The molecule has 1 fully saturated rings. The average molecular weight is 323 g/mol. The van der Waals surface area contributed by atoms with Crippen LogP contribution < -0.4 is 5.32 Å². The number of halogens is 1. The lowest BCUT2D eigenvalue weighted by Gasteiger charge is -2.11. The second-order valence-electron chi connectivity index (χ2n) is 5.05. The molecular weight excluding hydrogens is 304 g/mol. The van der Waals surface area contributed by atoms with Crippen LogP contribution in [0.15, 0.2) is 34.9 Å². The van der Waals surface area contributed by atoms with E-state index in [-0.39, 0.29) is 0 Å². The molecule has 1 aliphatic rings. The molecule has 4 heteroatoms. The van der Waals surface area contributed by atoms with E-state index in [1.807, 2.05) is 0 Å². The molecule has 1 N–H and O–H groups in total. The summed E-state index contributed by atoms with van der Waals surface area (Å²) in [5.41, 5.74) is 1.29. The molecule has 0 bridgehead atoms. The third-order valence-electron chi connectivity index (χ3n) is 3.66. The Morgan fingerprint density at radius 2 is 2.32 bits per heavy atom. The first-order chi connectivity index (χ1) is 9.33. The van der Waals surface area contributed by atoms with Crippen LogP contribution in [0.5, 0.6) is 0 Å². The van der Waals surface area contributed by atoms with Gasteiger partial charge in [0.25, 0.3) is 0 Å². The number of hydrogen-bond acceptors (Lipinski definition) is 2. The van der Waals surface area contributed by atoms with Crippen molar-refractivity contribution in [3.8, 4) is 0 Å². The number of hydrogen-bond donors (Lipinski definition) is 1. The monoisotopic (exact) mass is 322 g/mol. The predicted octanol–water partition coefficient (Wildman–Crippen LogP) is 3.17. The zero-order valence-electron chi connectivity index (χ0n) is 10.9. The van der Waals surface area contributed by atoms with E-state index in [0.29, 0.717) is 6.10 Å². The summed E-state index contributed by atoms with van der Waals surface area (Å²) in [5.74, 6) is 0. The molecule has 3 nitrogen and oxygen atoms in total. The molecule has 2 heterocycles. The molecule has 1 aliphatic heterocycles. The molecule has 1 atom stereocenters. The third kappa shape index (κ3) is 3.19. The molecule has 1 unspecified atom stereocenters.